The van der Waals surface area contributed by atoms with Gasteiger partial charge >= 0.3 is 5.69 Å². The molecule has 0 spiro atoms. The largest absolute Gasteiger partial charge is 1.00 e. The lowest BCUT2D eigenvalue weighted by atomic mass is 10.1. The van der Waals surface area contributed by atoms with E-state index in [-0.39, 0.29) is 28.2 Å². The Kier molecular flexibility index (Phi) is 9.61. The lowest BCUT2D eigenvalue weighted by Gasteiger charge is -2.25. The molecule has 0 amide bonds. The highest BCUT2D eigenvalue weighted by molar-refractivity contribution is 5.69. The van der Waals surface area contributed by atoms with Crippen molar-refractivity contribution in [3.05, 3.63) is 105 Å². The smallest absolute Gasteiger partial charge is 0.332 e. The van der Waals surface area contributed by atoms with Crippen molar-refractivity contribution in [2.24, 2.45) is 14.1 Å². The Balaban J connectivity index is 0.00000361. The van der Waals surface area contributed by atoms with E-state index in [4.69, 9.17) is 0 Å². The first-order chi connectivity index (χ1) is 17.0. The summed E-state index contributed by atoms with van der Waals surface area (Å²) in [4.78, 5) is 30.8. The maximum absolute atomic E-state index is 12.7. The first-order valence-corrected chi connectivity index (χ1v) is 12.2. The van der Waals surface area contributed by atoms with E-state index in [1.807, 2.05) is 10.6 Å². The SMILES string of the molecule is CC(Cc1ccccc1)[NH+](C/C=C/c1ccccc1)CCCn1cnc2c1c(=O)n(C)c(=O)n2C.[Br-]. The minimum absolute atomic E-state index is 0. The van der Waals surface area contributed by atoms with Gasteiger partial charge in [0.25, 0.3) is 5.56 Å². The van der Waals surface area contributed by atoms with Gasteiger partial charge in [0.2, 0.25) is 0 Å². The summed E-state index contributed by atoms with van der Waals surface area (Å²) in [5.74, 6) is 0. The Bertz CT molecular complexity index is 1410. The van der Waals surface area contributed by atoms with Crippen LogP contribution < -0.4 is 33.1 Å². The number of imidazole rings is 1. The van der Waals surface area contributed by atoms with E-state index in [1.165, 1.54) is 27.6 Å². The molecule has 8 heteroatoms. The molecule has 2 aromatic carbocycles. The number of rotatable bonds is 10. The van der Waals surface area contributed by atoms with Crippen molar-refractivity contribution in [2.75, 3.05) is 13.1 Å². The van der Waals surface area contributed by atoms with Crippen LogP contribution in [0, 0.1) is 0 Å². The Hall–Kier alpha value is -3.23. The van der Waals surface area contributed by atoms with E-state index in [0.717, 1.165) is 30.5 Å². The summed E-state index contributed by atoms with van der Waals surface area (Å²) in [6.07, 6.45) is 8.01. The average Bonchev–Trinajstić information content (AvgIpc) is 3.30. The van der Waals surface area contributed by atoms with Crippen LogP contribution in [0.1, 0.15) is 24.5 Å². The van der Waals surface area contributed by atoms with Gasteiger partial charge in [-0.2, -0.15) is 0 Å². The van der Waals surface area contributed by atoms with E-state index in [9.17, 15) is 9.59 Å². The van der Waals surface area contributed by atoms with E-state index < -0.39 is 0 Å². The quantitative estimate of drug-likeness (QED) is 0.276. The van der Waals surface area contributed by atoms with Crippen molar-refractivity contribution >= 4 is 17.2 Å². The molecule has 2 heterocycles. The fraction of sp³-hybridized carbons (Fsp3) is 0.321. The lowest BCUT2D eigenvalue weighted by molar-refractivity contribution is -0.918. The van der Waals surface area contributed by atoms with Crippen LogP contribution in [-0.4, -0.2) is 37.8 Å². The lowest BCUT2D eigenvalue weighted by Crippen LogP contribution is -3.15. The van der Waals surface area contributed by atoms with Gasteiger partial charge in [0.05, 0.1) is 25.5 Å². The molecule has 4 rings (SSSR count). The third-order valence-electron chi connectivity index (χ3n) is 6.69. The first-order valence-electron chi connectivity index (χ1n) is 12.2. The minimum atomic E-state index is -0.358. The molecule has 7 nitrogen and oxygen atoms in total. The molecule has 0 aliphatic carbocycles. The van der Waals surface area contributed by atoms with Crippen LogP contribution >= 0.6 is 0 Å². The molecule has 2 aromatic heterocycles. The second-order valence-electron chi connectivity index (χ2n) is 9.19. The predicted molar refractivity (Wildman–Crippen MR) is 141 cm³/mol. The van der Waals surface area contributed by atoms with Crippen LogP contribution in [0.3, 0.4) is 0 Å². The topological polar surface area (TPSA) is 66.3 Å². The molecule has 0 aliphatic rings. The summed E-state index contributed by atoms with van der Waals surface area (Å²) in [7, 11) is 3.16. The van der Waals surface area contributed by atoms with Crippen molar-refractivity contribution in [1.29, 1.82) is 0 Å². The van der Waals surface area contributed by atoms with E-state index >= 15 is 0 Å². The van der Waals surface area contributed by atoms with Crippen molar-refractivity contribution in [3.8, 4) is 0 Å². The zero-order valence-electron chi connectivity index (χ0n) is 21.1. The van der Waals surface area contributed by atoms with Gasteiger partial charge in [0.1, 0.15) is 0 Å². The van der Waals surface area contributed by atoms with Crippen molar-refractivity contribution in [2.45, 2.75) is 32.4 Å². The number of aryl methyl sites for hydroxylation is 2. The molecule has 0 saturated carbocycles. The number of hydrogen-bond acceptors (Lipinski definition) is 3. The summed E-state index contributed by atoms with van der Waals surface area (Å²) >= 11 is 0. The number of benzene rings is 2. The molecule has 0 radical (unpaired) electrons. The van der Waals surface area contributed by atoms with Gasteiger partial charge in [-0.1, -0.05) is 66.7 Å². The number of aromatic nitrogens is 4. The molecule has 1 N–H and O–H groups in total. The highest BCUT2D eigenvalue weighted by Crippen LogP contribution is 2.06. The van der Waals surface area contributed by atoms with Crippen molar-refractivity contribution in [3.63, 3.8) is 0 Å². The molecule has 0 aliphatic heterocycles. The van der Waals surface area contributed by atoms with Gasteiger partial charge in [0.15, 0.2) is 11.2 Å². The molecular formula is C28H34BrN5O2. The predicted octanol–water partition coefficient (Wildman–Crippen LogP) is -0.943. The Morgan fingerprint density at radius 2 is 1.64 bits per heavy atom. The molecule has 2 atom stereocenters. The fourth-order valence-corrected chi connectivity index (χ4v) is 4.62. The van der Waals surface area contributed by atoms with E-state index in [0.29, 0.717) is 23.8 Å². The van der Waals surface area contributed by atoms with Gasteiger partial charge < -0.3 is 26.4 Å². The highest BCUT2D eigenvalue weighted by atomic mass is 79.9. The van der Waals surface area contributed by atoms with Crippen LogP contribution in [0.15, 0.2) is 82.7 Å². The summed E-state index contributed by atoms with van der Waals surface area (Å²) in [6, 6.07) is 21.4. The zero-order valence-corrected chi connectivity index (χ0v) is 22.7. The monoisotopic (exact) mass is 551 g/mol. The van der Waals surface area contributed by atoms with Crippen LogP contribution in [0.4, 0.5) is 0 Å². The summed E-state index contributed by atoms with van der Waals surface area (Å²) in [6.45, 7) is 4.85. The van der Waals surface area contributed by atoms with E-state index in [1.54, 1.807) is 13.4 Å². The molecule has 190 valence electrons. The summed E-state index contributed by atoms with van der Waals surface area (Å²) in [5.41, 5.74) is 2.81. The van der Waals surface area contributed by atoms with Crippen LogP contribution in [-0.2, 0) is 27.1 Å². The Labute approximate surface area is 222 Å². The standard InChI is InChI=1S/C28H33N5O2.BrH/c1-22(20-24-14-8-5-9-15-24)32(17-10-16-23-12-6-4-7-13-23)18-11-19-33-21-29-26-25(33)27(34)31(3)28(35)30(26)2;/h4-10,12-16,21-22H,11,17-20H2,1-3H3;1H/b16-10+;. The number of nitrogens with zero attached hydrogens (tertiary/aromatic N) is 4. The second kappa shape index (κ2) is 12.6. The third kappa shape index (κ3) is 6.30. The molecular weight excluding hydrogens is 518 g/mol. The van der Waals surface area contributed by atoms with Gasteiger partial charge in [-0.05, 0) is 24.1 Å². The summed E-state index contributed by atoms with van der Waals surface area (Å²) < 4.78 is 4.46. The molecule has 36 heavy (non-hydrogen) atoms. The highest BCUT2D eigenvalue weighted by Gasteiger charge is 2.18. The normalized spacial score (nSPS) is 13.1. The molecule has 2 unspecified atom stereocenters. The van der Waals surface area contributed by atoms with Gasteiger partial charge in [-0.15, -0.1) is 0 Å². The van der Waals surface area contributed by atoms with Crippen LogP contribution in [0.25, 0.3) is 17.2 Å². The van der Waals surface area contributed by atoms with Crippen molar-refractivity contribution in [1.82, 2.24) is 18.7 Å². The molecule has 0 saturated heterocycles. The number of quaternary nitrogens is 1. The average molecular weight is 553 g/mol. The Morgan fingerprint density at radius 3 is 2.33 bits per heavy atom. The number of hydrogen-bond donors (Lipinski definition) is 1. The number of fused-ring (bicyclic) bond motifs is 1. The minimum Gasteiger partial charge on any atom is -1.00 e. The molecule has 0 bridgehead atoms. The maximum Gasteiger partial charge on any atom is 0.332 e. The number of nitrogens with one attached hydrogen (secondary N) is 1. The third-order valence-corrected chi connectivity index (χ3v) is 6.69. The van der Waals surface area contributed by atoms with Crippen LogP contribution in [0.5, 0.6) is 0 Å². The fourth-order valence-electron chi connectivity index (χ4n) is 4.62. The zero-order chi connectivity index (χ0) is 24.8. The van der Waals surface area contributed by atoms with Gasteiger partial charge in [-0.3, -0.25) is 13.9 Å². The van der Waals surface area contributed by atoms with Crippen molar-refractivity contribution < 1.29 is 21.9 Å². The van der Waals surface area contributed by atoms with E-state index in [2.05, 4.69) is 78.7 Å². The maximum atomic E-state index is 12.7. The van der Waals surface area contributed by atoms with Gasteiger partial charge in [0, 0.05) is 33.5 Å². The first kappa shape index (κ1) is 27.4. The Morgan fingerprint density at radius 1 is 0.972 bits per heavy atom. The van der Waals surface area contributed by atoms with Gasteiger partial charge in [-0.25, -0.2) is 9.78 Å². The molecule has 0 fully saturated rings. The number of halogens is 1. The summed E-state index contributed by atoms with van der Waals surface area (Å²) in [5, 5.41) is 0. The van der Waals surface area contributed by atoms with Crippen LogP contribution in [0.2, 0.25) is 0 Å². The molecule has 4 aromatic rings. The second-order valence-corrected chi connectivity index (χ2v) is 9.19.